The van der Waals surface area contributed by atoms with Crippen LogP contribution in [0.25, 0.3) is 0 Å². The monoisotopic (exact) mass is 734 g/mol. The van der Waals surface area contributed by atoms with E-state index in [-0.39, 0.29) is 18.1 Å². The maximum absolute atomic E-state index is 14.7. The molecule has 6 heterocycles. The van der Waals surface area contributed by atoms with Crippen molar-refractivity contribution < 1.29 is 38.0 Å². The lowest BCUT2D eigenvalue weighted by Crippen LogP contribution is -2.59. The van der Waals surface area contributed by atoms with Gasteiger partial charge in [-0.3, -0.25) is 4.90 Å². The van der Waals surface area contributed by atoms with E-state index in [1.54, 1.807) is 28.4 Å². The molecular weight excluding hydrogens is 688 g/mol. The molecule has 0 aliphatic carbocycles. The number of hydrogen-bond acceptors (Lipinski definition) is 10. The first kappa shape index (κ1) is 34.6. The lowest BCUT2D eigenvalue weighted by atomic mass is 9.86. The standard InChI is InChI=1S/C42H46N4O8/c1-43-12-10-26-20-34(48-2)37-23-30(26)32(43)18-25-6-8-29(9-7-25)53-36-22-28-19-33-39-27(21-38(50-4)40(51-5)41(39)54-37)11-13-45(33)46(31(28)24-35(36)49-3)42(47)44-14-16-52-17-15-44/h6-9,20-24,32-33H,10-19H2,1-5H3/t32-,33-/m0/s1. The van der Waals surface area contributed by atoms with Gasteiger partial charge in [-0.2, -0.15) is 0 Å². The molecule has 0 spiro atoms. The van der Waals surface area contributed by atoms with Crippen LogP contribution in [0.15, 0.2) is 54.6 Å². The summed E-state index contributed by atoms with van der Waals surface area (Å²) in [5, 5.41) is 4.00. The molecule has 12 heteroatoms. The molecule has 4 aromatic carbocycles. The minimum absolute atomic E-state index is 0.109. The summed E-state index contributed by atoms with van der Waals surface area (Å²) < 4.78 is 43.4. The van der Waals surface area contributed by atoms with Gasteiger partial charge in [0.1, 0.15) is 5.75 Å². The van der Waals surface area contributed by atoms with Crippen LogP contribution in [0.1, 0.15) is 45.5 Å². The Morgan fingerprint density at radius 2 is 1.41 bits per heavy atom. The molecule has 2 atom stereocenters. The maximum atomic E-state index is 14.7. The number of amides is 2. The van der Waals surface area contributed by atoms with Crippen molar-refractivity contribution in [1.29, 1.82) is 0 Å². The molecule has 0 N–H and O–H groups in total. The molecule has 0 aromatic heterocycles. The van der Waals surface area contributed by atoms with E-state index >= 15 is 0 Å². The Morgan fingerprint density at radius 1 is 0.704 bits per heavy atom. The number of anilines is 1. The van der Waals surface area contributed by atoms with Gasteiger partial charge >= 0.3 is 6.03 Å². The summed E-state index contributed by atoms with van der Waals surface area (Å²) in [6.07, 6.45) is 2.91. The number of morpholine rings is 1. The van der Waals surface area contributed by atoms with Crippen LogP contribution < -0.4 is 33.4 Å². The highest BCUT2D eigenvalue weighted by Gasteiger charge is 2.45. The van der Waals surface area contributed by atoms with E-state index in [1.165, 1.54) is 16.7 Å². The normalized spacial score (nSPS) is 20.4. The average Bonchev–Trinajstić information content (AvgIpc) is 3.20. The number of carbonyl (C=O) groups is 1. The number of carbonyl (C=O) groups excluding carboxylic acids is 1. The van der Waals surface area contributed by atoms with Gasteiger partial charge in [0.15, 0.2) is 34.5 Å². The lowest BCUT2D eigenvalue weighted by molar-refractivity contribution is 0.0476. The Balaban J connectivity index is 1.29. The van der Waals surface area contributed by atoms with Crippen LogP contribution in [0.4, 0.5) is 10.5 Å². The quantitative estimate of drug-likeness (QED) is 0.225. The number of fused-ring (bicyclic) bond motifs is 2. The van der Waals surface area contributed by atoms with Gasteiger partial charge in [0, 0.05) is 43.9 Å². The zero-order chi connectivity index (χ0) is 37.1. The Hall–Kier alpha value is -5.17. The van der Waals surface area contributed by atoms with Crippen molar-refractivity contribution in [2.24, 2.45) is 0 Å². The Labute approximate surface area is 315 Å². The van der Waals surface area contributed by atoms with Crippen LogP contribution in [0, 0.1) is 0 Å². The molecule has 0 unspecified atom stereocenters. The molecule has 1 fully saturated rings. The van der Waals surface area contributed by atoms with E-state index in [0.29, 0.717) is 91.7 Å². The third-order valence-electron chi connectivity index (χ3n) is 11.6. The summed E-state index contributed by atoms with van der Waals surface area (Å²) >= 11 is 0. The predicted octanol–water partition coefficient (Wildman–Crippen LogP) is 6.72. The first-order chi connectivity index (χ1) is 26.4. The molecule has 0 radical (unpaired) electrons. The smallest absolute Gasteiger partial charge is 0.339 e. The van der Waals surface area contributed by atoms with Crippen molar-refractivity contribution >= 4 is 11.7 Å². The van der Waals surface area contributed by atoms with E-state index in [2.05, 4.69) is 47.3 Å². The van der Waals surface area contributed by atoms with Gasteiger partial charge in [-0.05, 0) is 96.9 Å². The van der Waals surface area contributed by atoms with Gasteiger partial charge in [-0.1, -0.05) is 12.1 Å². The average molecular weight is 735 g/mol. The van der Waals surface area contributed by atoms with Crippen molar-refractivity contribution in [1.82, 2.24) is 14.8 Å². The molecule has 282 valence electrons. The summed E-state index contributed by atoms with van der Waals surface area (Å²) in [5.41, 5.74) is 7.33. The number of likely N-dealkylation sites (N-methyl/N-ethyl adjacent to an activating group) is 1. The van der Waals surface area contributed by atoms with Crippen molar-refractivity contribution in [3.05, 3.63) is 88.0 Å². The van der Waals surface area contributed by atoms with Gasteiger partial charge in [0.25, 0.3) is 0 Å². The molecule has 1 saturated heterocycles. The number of hydrazine groups is 1. The minimum Gasteiger partial charge on any atom is -0.493 e. The van der Waals surface area contributed by atoms with Crippen LogP contribution in [0.3, 0.4) is 0 Å². The first-order valence-electron chi connectivity index (χ1n) is 18.7. The Morgan fingerprint density at radius 3 is 2.15 bits per heavy atom. The fourth-order valence-corrected chi connectivity index (χ4v) is 8.82. The summed E-state index contributed by atoms with van der Waals surface area (Å²) in [7, 11) is 8.78. The second-order valence-electron chi connectivity index (χ2n) is 14.5. The van der Waals surface area contributed by atoms with Crippen molar-refractivity contribution in [2.45, 2.75) is 37.8 Å². The van der Waals surface area contributed by atoms with E-state index in [0.717, 1.165) is 41.8 Å². The van der Waals surface area contributed by atoms with E-state index in [1.807, 2.05) is 34.2 Å². The summed E-state index contributed by atoms with van der Waals surface area (Å²) in [5.74, 6) is 4.67. The molecular formula is C42H46N4O8. The molecule has 6 aliphatic heterocycles. The maximum Gasteiger partial charge on any atom is 0.339 e. The van der Waals surface area contributed by atoms with Crippen LogP contribution >= 0.6 is 0 Å². The molecule has 7 bridgehead atoms. The number of hydrogen-bond donors (Lipinski definition) is 0. The molecule has 4 aromatic rings. The third-order valence-corrected chi connectivity index (χ3v) is 11.6. The molecule has 2 amide bonds. The van der Waals surface area contributed by atoms with Gasteiger partial charge in [-0.15, -0.1) is 0 Å². The highest BCUT2D eigenvalue weighted by Crippen LogP contribution is 2.55. The zero-order valence-electron chi connectivity index (χ0n) is 31.5. The van der Waals surface area contributed by atoms with Crippen LogP contribution in [-0.2, 0) is 30.4 Å². The highest BCUT2D eigenvalue weighted by atomic mass is 16.5. The number of rotatable bonds is 4. The second kappa shape index (κ2) is 13.9. The van der Waals surface area contributed by atoms with Crippen LogP contribution in [0.5, 0.6) is 46.0 Å². The van der Waals surface area contributed by atoms with E-state index in [4.69, 9.17) is 33.2 Å². The Bertz CT molecular complexity index is 2100. The molecule has 12 nitrogen and oxygen atoms in total. The fraction of sp³-hybridized carbons (Fsp3) is 0.405. The minimum atomic E-state index is -0.303. The third kappa shape index (κ3) is 5.75. The largest absolute Gasteiger partial charge is 0.493 e. The zero-order valence-corrected chi connectivity index (χ0v) is 31.5. The summed E-state index contributed by atoms with van der Waals surface area (Å²) in [4.78, 5) is 19.0. The highest BCUT2D eigenvalue weighted by molar-refractivity contribution is 5.93. The number of nitrogens with zero attached hydrogens (tertiary/aromatic N) is 4. The van der Waals surface area contributed by atoms with Crippen LogP contribution in [0.2, 0.25) is 0 Å². The summed E-state index contributed by atoms with van der Waals surface area (Å²) in [6, 6.07) is 18.2. The van der Waals surface area contributed by atoms with E-state index < -0.39 is 0 Å². The number of ether oxygens (including phenoxy) is 7. The van der Waals surface area contributed by atoms with Gasteiger partial charge in [0.05, 0.1) is 53.4 Å². The summed E-state index contributed by atoms with van der Waals surface area (Å²) in [6.45, 7) is 3.49. The van der Waals surface area contributed by atoms with Crippen molar-refractivity contribution in [3.63, 3.8) is 0 Å². The topological polar surface area (TPSA) is 94.6 Å². The van der Waals surface area contributed by atoms with Gasteiger partial charge in [0.2, 0.25) is 5.75 Å². The lowest BCUT2D eigenvalue weighted by Gasteiger charge is -2.49. The molecule has 0 saturated carbocycles. The molecule has 6 aliphatic rings. The van der Waals surface area contributed by atoms with Gasteiger partial charge < -0.3 is 38.1 Å². The molecule has 54 heavy (non-hydrogen) atoms. The number of benzene rings is 4. The number of urea groups is 1. The van der Waals surface area contributed by atoms with E-state index in [9.17, 15) is 4.79 Å². The molecule has 10 rings (SSSR count). The number of methoxy groups -OCH3 is 4. The predicted molar refractivity (Wildman–Crippen MR) is 202 cm³/mol. The van der Waals surface area contributed by atoms with Crippen LogP contribution in [-0.4, -0.2) is 95.7 Å². The van der Waals surface area contributed by atoms with Crippen molar-refractivity contribution in [2.75, 3.05) is 79.9 Å². The van der Waals surface area contributed by atoms with Gasteiger partial charge in [-0.25, -0.2) is 14.8 Å². The van der Waals surface area contributed by atoms with Crippen molar-refractivity contribution in [3.8, 4) is 46.0 Å². The first-order valence-corrected chi connectivity index (χ1v) is 18.7. The Kier molecular flexibility index (Phi) is 8.91. The SMILES string of the molecule is COc1cc2c3cc1Oc1ccc(cc1)C[C@H]1c4cc(c(OC)cc4CCN1C)Oc1c(OC)c(OC)cc4c1[C@H](C3)N(CC4)N2C(=O)N1CCOCC1. The fourth-order valence-electron chi connectivity index (χ4n) is 8.82. The second-order valence-corrected chi connectivity index (χ2v) is 14.5.